The highest BCUT2D eigenvalue weighted by Crippen LogP contribution is 2.69. The first-order valence-electron chi connectivity index (χ1n) is 15.1. The molecule has 226 valence electrons. The zero-order valence-corrected chi connectivity index (χ0v) is 26.2. The molecule has 8 nitrogen and oxygen atoms in total. The summed E-state index contributed by atoms with van der Waals surface area (Å²) in [4.78, 5) is 44.5. The van der Waals surface area contributed by atoms with Gasteiger partial charge < -0.3 is 25.4 Å². The minimum absolute atomic E-state index is 0.0293. The van der Waals surface area contributed by atoms with Crippen LogP contribution < -0.4 is 15.4 Å². The molecule has 3 heterocycles. The number of hydrogen-bond acceptors (Lipinski definition) is 6. The third-order valence-electron chi connectivity index (χ3n) is 9.74. The predicted octanol–water partition coefficient (Wildman–Crippen LogP) is 5.02. The number of anilines is 2. The Balaban J connectivity index is 1.53. The lowest BCUT2D eigenvalue weighted by molar-refractivity contribution is -0.142. The maximum absolute atomic E-state index is 14.5. The Hall–Kier alpha value is -3.04. The van der Waals surface area contributed by atoms with Gasteiger partial charge in [0.15, 0.2) is 0 Å². The average molecular weight is 594 g/mol. The Morgan fingerprint density at radius 1 is 1.10 bits per heavy atom. The van der Waals surface area contributed by atoms with E-state index in [-0.39, 0.29) is 41.4 Å². The number of benzene rings is 2. The number of hydrogen-bond donors (Lipinski definition) is 3. The summed E-state index contributed by atoms with van der Waals surface area (Å²) in [7, 11) is 0. The molecule has 0 aromatic heterocycles. The maximum Gasteiger partial charge on any atom is 0.248 e. The molecule has 0 radical (unpaired) electrons. The molecule has 9 heteroatoms. The van der Waals surface area contributed by atoms with Crippen molar-refractivity contribution in [1.82, 2.24) is 4.90 Å². The summed E-state index contributed by atoms with van der Waals surface area (Å²) >= 11 is 1.64. The van der Waals surface area contributed by atoms with Crippen molar-refractivity contribution in [1.29, 1.82) is 0 Å². The molecule has 3 aliphatic rings. The van der Waals surface area contributed by atoms with E-state index < -0.39 is 28.7 Å². The number of nitrogens with one attached hydrogen (secondary N) is 2. The maximum atomic E-state index is 14.5. The van der Waals surface area contributed by atoms with Crippen LogP contribution in [0.25, 0.3) is 0 Å². The Labute approximate surface area is 253 Å². The minimum Gasteiger partial charge on any atom is -0.494 e. The Kier molecular flexibility index (Phi) is 8.63. The number of thioether (sulfide) groups is 1. The smallest absolute Gasteiger partial charge is 0.248 e. The van der Waals surface area contributed by atoms with E-state index in [0.29, 0.717) is 12.3 Å². The highest BCUT2D eigenvalue weighted by atomic mass is 32.2. The van der Waals surface area contributed by atoms with Crippen molar-refractivity contribution in [3.8, 4) is 5.75 Å². The number of aliphatic hydroxyl groups excluding tert-OH is 1. The first-order chi connectivity index (χ1) is 20.1. The van der Waals surface area contributed by atoms with Gasteiger partial charge in [0, 0.05) is 16.6 Å². The molecule has 0 aliphatic carbocycles. The number of rotatable bonds is 10. The molecule has 8 atom stereocenters. The molecule has 2 bridgehead atoms. The first-order valence-corrected chi connectivity index (χ1v) is 16.0. The number of carbonyl (C=O) groups is 3. The molecule has 2 aromatic rings. The molecule has 3 saturated heterocycles. The van der Waals surface area contributed by atoms with Crippen molar-refractivity contribution in [2.75, 3.05) is 23.8 Å². The number of aliphatic hydroxyl groups is 1. The van der Waals surface area contributed by atoms with Gasteiger partial charge in [-0.25, -0.2) is 0 Å². The van der Waals surface area contributed by atoms with Gasteiger partial charge in [0.25, 0.3) is 0 Å². The molecule has 2 aromatic carbocycles. The van der Waals surface area contributed by atoms with Crippen LogP contribution in [0, 0.1) is 37.5 Å². The number of para-hydroxylation sites is 1. The third-order valence-corrected chi connectivity index (χ3v) is 11.8. The average Bonchev–Trinajstić information content (AvgIpc) is 3.56. The van der Waals surface area contributed by atoms with E-state index in [0.717, 1.165) is 35.4 Å². The van der Waals surface area contributed by atoms with Crippen molar-refractivity contribution in [2.45, 2.75) is 76.5 Å². The third kappa shape index (κ3) is 4.88. The van der Waals surface area contributed by atoms with Crippen molar-refractivity contribution in [3.05, 3.63) is 53.6 Å². The fourth-order valence-electron chi connectivity index (χ4n) is 7.46. The molecule has 3 aliphatic heterocycles. The van der Waals surface area contributed by atoms with Gasteiger partial charge in [-0.1, -0.05) is 45.4 Å². The van der Waals surface area contributed by atoms with E-state index in [4.69, 9.17) is 4.74 Å². The monoisotopic (exact) mass is 593 g/mol. The SMILES string of the molecule is CCOc1ccc(NC(=O)[C@@H]2[C@@H]3CC(C)C4(S3)C(C(=O)Nc3c(C)cccc3C)N([C@@H](CO)[C@@H](C)CC)C(=O)[C@H]24)cc1. The normalized spacial score (nSPS) is 29.3. The van der Waals surface area contributed by atoms with Crippen molar-refractivity contribution in [2.24, 2.45) is 23.7 Å². The van der Waals surface area contributed by atoms with E-state index in [1.807, 2.05) is 65.0 Å². The van der Waals surface area contributed by atoms with Crippen LogP contribution in [0.2, 0.25) is 0 Å². The first kappa shape index (κ1) is 30.4. The largest absolute Gasteiger partial charge is 0.494 e. The van der Waals surface area contributed by atoms with Crippen LogP contribution in [0.3, 0.4) is 0 Å². The number of ether oxygens (including phenoxy) is 1. The molecule has 3 fully saturated rings. The lowest BCUT2D eigenvalue weighted by atomic mass is 9.65. The van der Waals surface area contributed by atoms with Crippen molar-refractivity contribution < 1.29 is 24.2 Å². The van der Waals surface area contributed by atoms with Crippen molar-refractivity contribution in [3.63, 3.8) is 0 Å². The second kappa shape index (κ2) is 11.9. The van der Waals surface area contributed by atoms with Crippen LogP contribution in [0.15, 0.2) is 42.5 Å². The zero-order chi connectivity index (χ0) is 30.3. The van der Waals surface area contributed by atoms with E-state index in [1.54, 1.807) is 28.8 Å². The molecular formula is C33H43N3O5S. The quantitative estimate of drug-likeness (QED) is 0.357. The number of carbonyl (C=O) groups excluding carboxylic acids is 3. The topological polar surface area (TPSA) is 108 Å². The fourth-order valence-corrected chi connectivity index (χ4v) is 9.87. The second-order valence-electron chi connectivity index (χ2n) is 12.1. The van der Waals surface area contributed by atoms with Crippen LogP contribution in [0.4, 0.5) is 11.4 Å². The fraction of sp³-hybridized carbons (Fsp3) is 0.545. The second-order valence-corrected chi connectivity index (χ2v) is 13.7. The van der Waals surface area contributed by atoms with Crippen LogP contribution in [-0.2, 0) is 14.4 Å². The Bertz CT molecular complexity index is 1330. The van der Waals surface area contributed by atoms with Gasteiger partial charge in [-0.2, -0.15) is 0 Å². The van der Waals surface area contributed by atoms with E-state index in [9.17, 15) is 19.5 Å². The highest BCUT2D eigenvalue weighted by molar-refractivity contribution is 8.02. The van der Waals surface area contributed by atoms with Gasteiger partial charge in [0.2, 0.25) is 17.7 Å². The van der Waals surface area contributed by atoms with Crippen LogP contribution in [0.1, 0.15) is 51.7 Å². The number of nitrogens with zero attached hydrogens (tertiary/aromatic N) is 1. The van der Waals surface area contributed by atoms with E-state index in [2.05, 4.69) is 17.6 Å². The van der Waals surface area contributed by atoms with Crippen LogP contribution in [0.5, 0.6) is 5.75 Å². The Morgan fingerprint density at radius 3 is 2.36 bits per heavy atom. The highest BCUT2D eigenvalue weighted by Gasteiger charge is 2.76. The minimum atomic E-state index is -0.812. The summed E-state index contributed by atoms with van der Waals surface area (Å²) in [5, 5.41) is 16.7. The zero-order valence-electron chi connectivity index (χ0n) is 25.3. The van der Waals surface area contributed by atoms with E-state index >= 15 is 0 Å². The summed E-state index contributed by atoms with van der Waals surface area (Å²) in [5.74, 6) is -1.18. The van der Waals surface area contributed by atoms with Gasteiger partial charge in [-0.3, -0.25) is 14.4 Å². The standard InChI is InChI=1S/C33H43N3O5S/c1-7-18(3)24(17-37)36-29(31(39)35-28-19(4)10-9-11-20(28)5)33-21(6)16-25(42-33)26(27(33)32(36)40)30(38)34-22-12-14-23(15-13-22)41-8-2/h9-15,18,21,24-27,29,37H,7-8,16-17H2,1-6H3,(H,34,38)(H,35,39)/t18-,21?,24-,25-,26+,27-,29?,33?/m0/s1. The number of amides is 3. The molecule has 3 amide bonds. The molecule has 5 rings (SSSR count). The van der Waals surface area contributed by atoms with Gasteiger partial charge in [0.05, 0.1) is 35.8 Å². The van der Waals surface area contributed by atoms with Gasteiger partial charge >= 0.3 is 0 Å². The molecular weight excluding hydrogens is 550 g/mol. The summed E-state index contributed by atoms with van der Waals surface area (Å²) in [5.41, 5.74) is 3.27. The molecule has 42 heavy (non-hydrogen) atoms. The number of aryl methyl sites for hydroxylation is 2. The lowest BCUT2D eigenvalue weighted by Gasteiger charge is -2.41. The van der Waals surface area contributed by atoms with Gasteiger partial charge in [-0.15, -0.1) is 11.8 Å². The molecule has 1 spiro atoms. The number of likely N-dealkylation sites (tertiary alicyclic amines) is 1. The molecule has 3 N–H and O–H groups in total. The van der Waals surface area contributed by atoms with Gasteiger partial charge in [-0.05, 0) is 74.4 Å². The summed E-state index contributed by atoms with van der Waals surface area (Å²) in [6.07, 6.45) is 1.48. The van der Waals surface area contributed by atoms with Crippen LogP contribution in [-0.4, -0.2) is 63.0 Å². The molecule has 0 saturated carbocycles. The summed E-state index contributed by atoms with van der Waals surface area (Å²) in [6, 6.07) is 11.7. The Morgan fingerprint density at radius 2 is 1.76 bits per heavy atom. The summed E-state index contributed by atoms with van der Waals surface area (Å²) in [6.45, 7) is 12.3. The summed E-state index contributed by atoms with van der Waals surface area (Å²) < 4.78 is 4.75. The van der Waals surface area contributed by atoms with Crippen LogP contribution >= 0.6 is 11.8 Å². The van der Waals surface area contributed by atoms with E-state index in [1.165, 1.54) is 0 Å². The van der Waals surface area contributed by atoms with Crippen molar-refractivity contribution >= 4 is 40.9 Å². The predicted molar refractivity (Wildman–Crippen MR) is 167 cm³/mol. The number of fused-ring (bicyclic) bond motifs is 1. The van der Waals surface area contributed by atoms with Gasteiger partial charge in [0.1, 0.15) is 11.8 Å². The molecule has 3 unspecified atom stereocenters. The lowest BCUT2D eigenvalue weighted by Crippen LogP contribution is -2.58.